The minimum absolute atomic E-state index is 0.186. The number of carbonyl (C=O) groups excluding carboxylic acids is 1. The van der Waals surface area contributed by atoms with E-state index in [2.05, 4.69) is 6.92 Å². The van der Waals surface area contributed by atoms with Crippen LogP contribution in [0.3, 0.4) is 0 Å². The molecular formula is C18H29NO. The van der Waals surface area contributed by atoms with Crippen LogP contribution in [0.15, 0.2) is 24.3 Å². The topological polar surface area (TPSA) is 43.1 Å². The van der Waals surface area contributed by atoms with Crippen molar-refractivity contribution < 1.29 is 4.79 Å². The number of nitrogen functional groups attached to an aromatic ring is 1. The highest BCUT2D eigenvalue weighted by Gasteiger charge is 2.08. The first-order valence-electron chi connectivity index (χ1n) is 8.13. The Labute approximate surface area is 123 Å². The Morgan fingerprint density at radius 2 is 1.45 bits per heavy atom. The van der Waals surface area contributed by atoms with E-state index in [1.54, 1.807) is 6.07 Å². The van der Waals surface area contributed by atoms with Gasteiger partial charge in [0.2, 0.25) is 0 Å². The van der Waals surface area contributed by atoms with E-state index in [4.69, 9.17) is 5.73 Å². The zero-order valence-electron chi connectivity index (χ0n) is 12.9. The van der Waals surface area contributed by atoms with Crippen molar-refractivity contribution in [2.45, 2.75) is 71.1 Å². The molecule has 0 aliphatic heterocycles. The zero-order valence-corrected chi connectivity index (χ0v) is 12.9. The summed E-state index contributed by atoms with van der Waals surface area (Å²) in [5, 5.41) is 0. The molecule has 0 aromatic heterocycles. The Bertz CT molecular complexity index is 387. The fourth-order valence-electron chi connectivity index (χ4n) is 2.48. The van der Waals surface area contributed by atoms with Crippen molar-refractivity contribution >= 4 is 11.5 Å². The Kier molecular flexibility index (Phi) is 8.77. The summed E-state index contributed by atoms with van der Waals surface area (Å²) in [5.74, 6) is 0.186. The Hall–Kier alpha value is -1.31. The molecule has 0 spiro atoms. The van der Waals surface area contributed by atoms with Gasteiger partial charge in [-0.1, -0.05) is 70.4 Å². The third kappa shape index (κ3) is 6.74. The molecule has 0 radical (unpaired) electrons. The first-order valence-corrected chi connectivity index (χ1v) is 8.13. The van der Waals surface area contributed by atoms with E-state index in [0.717, 1.165) is 12.8 Å². The van der Waals surface area contributed by atoms with Gasteiger partial charge in [-0.05, 0) is 18.6 Å². The van der Waals surface area contributed by atoms with E-state index >= 15 is 0 Å². The van der Waals surface area contributed by atoms with Gasteiger partial charge in [0, 0.05) is 17.7 Å². The minimum atomic E-state index is 0.186. The second kappa shape index (κ2) is 10.5. The zero-order chi connectivity index (χ0) is 14.6. The molecule has 0 atom stereocenters. The second-order valence-electron chi connectivity index (χ2n) is 5.59. The van der Waals surface area contributed by atoms with Crippen LogP contribution < -0.4 is 5.73 Å². The molecule has 2 nitrogen and oxygen atoms in total. The van der Waals surface area contributed by atoms with Crippen LogP contribution in [-0.2, 0) is 0 Å². The lowest BCUT2D eigenvalue weighted by Crippen LogP contribution is -2.03. The maximum atomic E-state index is 12.0. The molecule has 1 aromatic rings. The predicted molar refractivity (Wildman–Crippen MR) is 87.0 cm³/mol. The van der Waals surface area contributed by atoms with Crippen LogP contribution in [0.5, 0.6) is 0 Å². The maximum absolute atomic E-state index is 12.0. The molecule has 0 fully saturated rings. The highest BCUT2D eigenvalue weighted by atomic mass is 16.1. The molecule has 1 rings (SSSR count). The van der Waals surface area contributed by atoms with Gasteiger partial charge in [0.15, 0.2) is 5.78 Å². The Morgan fingerprint density at radius 1 is 0.900 bits per heavy atom. The Balaban J connectivity index is 2.04. The fraction of sp³-hybridized carbons (Fsp3) is 0.611. The van der Waals surface area contributed by atoms with E-state index in [-0.39, 0.29) is 5.78 Å². The summed E-state index contributed by atoms with van der Waals surface area (Å²) < 4.78 is 0. The lowest BCUT2D eigenvalue weighted by Gasteiger charge is -2.04. The molecule has 0 unspecified atom stereocenters. The highest BCUT2D eigenvalue weighted by Crippen LogP contribution is 2.16. The number of benzene rings is 1. The number of Topliss-reactive ketones (excluding diaryl/α,β-unsaturated/α-hetero) is 1. The monoisotopic (exact) mass is 275 g/mol. The van der Waals surface area contributed by atoms with Crippen LogP contribution in [0.2, 0.25) is 0 Å². The van der Waals surface area contributed by atoms with Gasteiger partial charge in [-0.25, -0.2) is 0 Å². The number of para-hydroxylation sites is 1. The summed E-state index contributed by atoms with van der Waals surface area (Å²) in [7, 11) is 0. The van der Waals surface area contributed by atoms with E-state index in [1.165, 1.54) is 44.9 Å². The number of unbranched alkanes of at least 4 members (excludes halogenated alkanes) is 8. The number of rotatable bonds is 11. The molecule has 0 saturated carbocycles. The van der Waals surface area contributed by atoms with Gasteiger partial charge in [0.1, 0.15) is 0 Å². The third-order valence-electron chi connectivity index (χ3n) is 3.77. The molecule has 0 saturated heterocycles. The van der Waals surface area contributed by atoms with Crippen LogP contribution in [-0.4, -0.2) is 5.78 Å². The van der Waals surface area contributed by atoms with Crippen LogP contribution in [0.4, 0.5) is 5.69 Å². The molecule has 0 amide bonds. The first kappa shape index (κ1) is 16.7. The molecule has 2 heteroatoms. The lowest BCUT2D eigenvalue weighted by atomic mass is 10.0. The van der Waals surface area contributed by atoms with Crippen molar-refractivity contribution in [1.29, 1.82) is 0 Å². The summed E-state index contributed by atoms with van der Waals surface area (Å²) in [5.41, 5.74) is 7.10. The molecule has 0 aliphatic rings. The average Bonchev–Trinajstić information content (AvgIpc) is 2.46. The van der Waals surface area contributed by atoms with Crippen molar-refractivity contribution in [3.8, 4) is 0 Å². The first-order chi connectivity index (χ1) is 9.75. The summed E-state index contributed by atoms with van der Waals surface area (Å²) in [6.07, 6.45) is 12.1. The number of nitrogens with two attached hydrogens (primary N) is 1. The number of ketones is 1. The van der Waals surface area contributed by atoms with Gasteiger partial charge in [-0.15, -0.1) is 0 Å². The number of hydrogen-bond donors (Lipinski definition) is 1. The van der Waals surface area contributed by atoms with Gasteiger partial charge in [0.05, 0.1) is 0 Å². The third-order valence-corrected chi connectivity index (χ3v) is 3.77. The number of anilines is 1. The molecule has 112 valence electrons. The second-order valence-corrected chi connectivity index (χ2v) is 5.59. The Morgan fingerprint density at radius 3 is 2.05 bits per heavy atom. The van der Waals surface area contributed by atoms with Crippen molar-refractivity contribution in [3.63, 3.8) is 0 Å². The van der Waals surface area contributed by atoms with Gasteiger partial charge >= 0.3 is 0 Å². The summed E-state index contributed by atoms with van der Waals surface area (Å²) >= 11 is 0. The van der Waals surface area contributed by atoms with E-state index in [0.29, 0.717) is 17.7 Å². The van der Waals surface area contributed by atoms with Gasteiger partial charge in [-0.2, -0.15) is 0 Å². The van der Waals surface area contributed by atoms with Gasteiger partial charge in [0.25, 0.3) is 0 Å². The van der Waals surface area contributed by atoms with Crippen LogP contribution in [0.1, 0.15) is 81.5 Å². The molecule has 0 heterocycles. The average molecular weight is 275 g/mol. The fourth-order valence-corrected chi connectivity index (χ4v) is 2.48. The van der Waals surface area contributed by atoms with Crippen molar-refractivity contribution in [1.82, 2.24) is 0 Å². The van der Waals surface area contributed by atoms with Gasteiger partial charge < -0.3 is 5.73 Å². The van der Waals surface area contributed by atoms with E-state index in [1.807, 2.05) is 18.2 Å². The molecular weight excluding hydrogens is 246 g/mol. The van der Waals surface area contributed by atoms with Crippen molar-refractivity contribution in [3.05, 3.63) is 29.8 Å². The summed E-state index contributed by atoms with van der Waals surface area (Å²) in [6, 6.07) is 7.36. The largest absolute Gasteiger partial charge is 0.398 e. The molecule has 20 heavy (non-hydrogen) atoms. The summed E-state index contributed by atoms with van der Waals surface area (Å²) in [6.45, 7) is 2.25. The molecule has 0 aliphatic carbocycles. The number of hydrogen-bond acceptors (Lipinski definition) is 2. The molecule has 1 aromatic carbocycles. The lowest BCUT2D eigenvalue weighted by molar-refractivity contribution is 0.0980. The van der Waals surface area contributed by atoms with E-state index < -0.39 is 0 Å². The van der Waals surface area contributed by atoms with E-state index in [9.17, 15) is 4.79 Å². The van der Waals surface area contributed by atoms with Crippen LogP contribution in [0.25, 0.3) is 0 Å². The van der Waals surface area contributed by atoms with Crippen molar-refractivity contribution in [2.24, 2.45) is 0 Å². The van der Waals surface area contributed by atoms with Gasteiger partial charge in [-0.3, -0.25) is 4.79 Å². The SMILES string of the molecule is CCCCCCCCCCCC(=O)c1ccccc1N. The van der Waals surface area contributed by atoms with Crippen molar-refractivity contribution in [2.75, 3.05) is 5.73 Å². The molecule has 0 bridgehead atoms. The quantitative estimate of drug-likeness (QED) is 0.335. The van der Waals surface area contributed by atoms with Crippen LogP contribution in [0, 0.1) is 0 Å². The summed E-state index contributed by atoms with van der Waals surface area (Å²) in [4.78, 5) is 12.0. The normalized spacial score (nSPS) is 10.7. The predicted octanol–water partition coefficient (Wildman–Crippen LogP) is 5.37. The van der Waals surface area contributed by atoms with Crippen LogP contribution >= 0.6 is 0 Å². The standard InChI is InChI=1S/C18H29NO/c1-2-3-4-5-6-7-8-9-10-15-18(20)16-13-11-12-14-17(16)19/h11-14H,2-10,15,19H2,1H3. The number of carbonyl (C=O) groups is 1. The minimum Gasteiger partial charge on any atom is -0.398 e. The maximum Gasteiger partial charge on any atom is 0.164 e. The molecule has 2 N–H and O–H groups in total. The smallest absolute Gasteiger partial charge is 0.164 e. The highest BCUT2D eigenvalue weighted by molar-refractivity contribution is 6.00.